The molecule has 0 aliphatic heterocycles. The second-order valence-electron chi connectivity index (χ2n) is 2.86. The number of aromatic nitrogens is 1. The molecular weight excluding hydrogens is 184 g/mol. The van der Waals surface area contributed by atoms with Crippen molar-refractivity contribution in [3.05, 3.63) is 28.6 Å². The van der Waals surface area contributed by atoms with E-state index in [9.17, 15) is 14.4 Å². The number of carbonyl (C=O) groups excluding carboxylic acids is 2. The van der Waals surface area contributed by atoms with Gasteiger partial charge in [-0.2, -0.15) is 0 Å². The van der Waals surface area contributed by atoms with E-state index in [1.165, 1.54) is 19.1 Å². The largest absolute Gasteiger partial charge is 0.312 e. The Kier molecular flexibility index (Phi) is 3.17. The Morgan fingerprint density at radius 2 is 2.14 bits per heavy atom. The van der Waals surface area contributed by atoms with Crippen LogP contribution in [0.3, 0.4) is 0 Å². The van der Waals surface area contributed by atoms with Crippen LogP contribution >= 0.6 is 0 Å². The monoisotopic (exact) mass is 194 g/mol. The zero-order valence-electron chi connectivity index (χ0n) is 7.66. The van der Waals surface area contributed by atoms with Gasteiger partial charge in [-0.25, -0.2) is 0 Å². The van der Waals surface area contributed by atoms with E-state index in [4.69, 9.17) is 0 Å². The van der Waals surface area contributed by atoms with E-state index in [0.29, 0.717) is 5.82 Å². The van der Waals surface area contributed by atoms with Gasteiger partial charge in [-0.15, -0.1) is 0 Å². The Bertz CT molecular complexity index is 409. The molecule has 1 aromatic heterocycles. The molecule has 0 bridgehead atoms. The standard InChI is InChI=1S/C9H10N2O3/c1-6(12)5-9(14)11-7-3-2-4-8(13)10-7/h2-4H,5H2,1H3,(H2,10,11,13,14). The number of carbonyl (C=O) groups is 2. The van der Waals surface area contributed by atoms with Crippen LogP contribution in [0, 0.1) is 0 Å². The number of hydrogen-bond donors (Lipinski definition) is 2. The molecule has 0 aliphatic rings. The second kappa shape index (κ2) is 4.36. The maximum absolute atomic E-state index is 11.1. The van der Waals surface area contributed by atoms with Gasteiger partial charge in [0.05, 0.1) is 6.42 Å². The molecule has 0 unspecified atom stereocenters. The molecule has 1 rings (SSSR count). The molecule has 0 aliphatic carbocycles. The number of ketones is 1. The first-order valence-electron chi connectivity index (χ1n) is 4.06. The van der Waals surface area contributed by atoms with E-state index in [2.05, 4.69) is 10.3 Å². The van der Waals surface area contributed by atoms with Crippen molar-refractivity contribution < 1.29 is 9.59 Å². The molecule has 0 radical (unpaired) electrons. The lowest BCUT2D eigenvalue weighted by atomic mass is 10.3. The number of pyridine rings is 1. The van der Waals surface area contributed by atoms with Crippen LogP contribution in [-0.2, 0) is 9.59 Å². The molecule has 0 spiro atoms. The molecule has 1 amide bonds. The Labute approximate surface area is 80.1 Å². The number of rotatable bonds is 3. The quantitative estimate of drug-likeness (QED) is 0.679. The summed E-state index contributed by atoms with van der Waals surface area (Å²) in [6, 6.07) is 4.39. The summed E-state index contributed by atoms with van der Waals surface area (Å²) >= 11 is 0. The van der Waals surface area contributed by atoms with Gasteiger partial charge in [0, 0.05) is 6.07 Å². The molecule has 0 aromatic carbocycles. The van der Waals surface area contributed by atoms with Crippen LogP contribution in [0.5, 0.6) is 0 Å². The summed E-state index contributed by atoms with van der Waals surface area (Å²) < 4.78 is 0. The van der Waals surface area contributed by atoms with E-state index in [-0.39, 0.29) is 17.8 Å². The molecule has 14 heavy (non-hydrogen) atoms. The molecule has 1 aromatic rings. The first kappa shape index (κ1) is 10.2. The highest BCUT2D eigenvalue weighted by atomic mass is 16.2. The van der Waals surface area contributed by atoms with Crippen molar-refractivity contribution in [2.45, 2.75) is 13.3 Å². The minimum Gasteiger partial charge on any atom is -0.312 e. The van der Waals surface area contributed by atoms with Gasteiger partial charge in [0.15, 0.2) is 0 Å². The lowest BCUT2D eigenvalue weighted by Crippen LogP contribution is -2.17. The second-order valence-corrected chi connectivity index (χ2v) is 2.86. The number of H-pyrrole nitrogens is 1. The molecule has 74 valence electrons. The third-order valence-corrected chi connectivity index (χ3v) is 1.45. The number of Topliss-reactive ketones (excluding diaryl/α,β-unsaturated/α-hetero) is 1. The van der Waals surface area contributed by atoms with Crippen molar-refractivity contribution in [2.75, 3.05) is 5.32 Å². The smallest absolute Gasteiger partial charge is 0.249 e. The maximum atomic E-state index is 11.1. The van der Waals surface area contributed by atoms with E-state index in [0.717, 1.165) is 0 Å². The van der Waals surface area contributed by atoms with Gasteiger partial charge in [-0.1, -0.05) is 6.07 Å². The Hall–Kier alpha value is -1.91. The number of amides is 1. The SMILES string of the molecule is CC(=O)CC(=O)Nc1cccc(=O)[nH]1. The fourth-order valence-electron chi connectivity index (χ4n) is 0.941. The molecule has 5 nitrogen and oxygen atoms in total. The van der Waals surface area contributed by atoms with E-state index in [1.807, 2.05) is 0 Å². The van der Waals surface area contributed by atoms with Crippen molar-refractivity contribution in [3.63, 3.8) is 0 Å². The summed E-state index contributed by atoms with van der Waals surface area (Å²) in [5.41, 5.74) is -0.300. The molecular formula is C9H10N2O3. The molecule has 2 N–H and O–H groups in total. The summed E-state index contributed by atoms with van der Waals surface area (Å²) in [4.78, 5) is 34.9. The summed E-state index contributed by atoms with van der Waals surface area (Å²) in [7, 11) is 0. The lowest BCUT2D eigenvalue weighted by molar-refractivity contribution is -0.124. The minimum atomic E-state index is -0.431. The normalized spacial score (nSPS) is 9.50. The molecule has 5 heteroatoms. The third-order valence-electron chi connectivity index (χ3n) is 1.45. The maximum Gasteiger partial charge on any atom is 0.249 e. The highest BCUT2D eigenvalue weighted by Gasteiger charge is 2.05. The predicted octanol–water partition coefficient (Wildman–Crippen LogP) is 0.292. The van der Waals surface area contributed by atoms with Crippen LogP contribution in [0.15, 0.2) is 23.0 Å². The van der Waals surface area contributed by atoms with Gasteiger partial charge in [0.25, 0.3) is 0 Å². The van der Waals surface area contributed by atoms with Gasteiger partial charge >= 0.3 is 0 Å². The predicted molar refractivity (Wildman–Crippen MR) is 51.0 cm³/mol. The fourth-order valence-corrected chi connectivity index (χ4v) is 0.941. The average Bonchev–Trinajstić information content (AvgIpc) is 2.01. The minimum absolute atomic E-state index is 0.184. The molecule has 0 fully saturated rings. The van der Waals surface area contributed by atoms with E-state index < -0.39 is 5.91 Å². The summed E-state index contributed by atoms with van der Waals surface area (Å²) in [6.45, 7) is 1.33. The summed E-state index contributed by atoms with van der Waals surface area (Å²) in [5.74, 6) is -0.358. The number of nitrogens with one attached hydrogen (secondary N) is 2. The summed E-state index contributed by atoms with van der Waals surface area (Å²) in [6.07, 6.45) is -0.184. The highest BCUT2D eigenvalue weighted by molar-refractivity contribution is 6.03. The van der Waals surface area contributed by atoms with Crippen molar-refractivity contribution in [1.29, 1.82) is 0 Å². The molecule has 0 saturated carbocycles. The number of aromatic amines is 1. The number of anilines is 1. The van der Waals surface area contributed by atoms with Crippen molar-refractivity contribution >= 4 is 17.5 Å². The fraction of sp³-hybridized carbons (Fsp3) is 0.222. The first-order valence-corrected chi connectivity index (χ1v) is 4.06. The third kappa shape index (κ3) is 3.22. The van der Waals surface area contributed by atoms with Crippen LogP contribution in [0.1, 0.15) is 13.3 Å². The van der Waals surface area contributed by atoms with Gasteiger partial charge in [-0.3, -0.25) is 14.4 Å². The lowest BCUT2D eigenvalue weighted by Gasteiger charge is -2.01. The highest BCUT2D eigenvalue weighted by Crippen LogP contribution is 1.98. The van der Waals surface area contributed by atoms with Crippen molar-refractivity contribution in [3.8, 4) is 0 Å². The van der Waals surface area contributed by atoms with Crippen molar-refractivity contribution in [2.24, 2.45) is 0 Å². The molecule has 0 atom stereocenters. The number of hydrogen-bond acceptors (Lipinski definition) is 3. The zero-order chi connectivity index (χ0) is 10.6. The van der Waals surface area contributed by atoms with Gasteiger partial charge in [-0.05, 0) is 13.0 Å². The van der Waals surface area contributed by atoms with Crippen LogP contribution in [0.4, 0.5) is 5.82 Å². The van der Waals surface area contributed by atoms with Gasteiger partial charge in [0.1, 0.15) is 11.6 Å². The van der Waals surface area contributed by atoms with Crippen LogP contribution in [-0.4, -0.2) is 16.7 Å². The summed E-state index contributed by atoms with van der Waals surface area (Å²) in [5, 5.41) is 2.40. The van der Waals surface area contributed by atoms with Crippen LogP contribution in [0.25, 0.3) is 0 Å². The average molecular weight is 194 g/mol. The van der Waals surface area contributed by atoms with Crippen molar-refractivity contribution in [1.82, 2.24) is 4.98 Å². The van der Waals surface area contributed by atoms with E-state index in [1.54, 1.807) is 6.07 Å². The Morgan fingerprint density at radius 3 is 2.71 bits per heavy atom. The zero-order valence-corrected chi connectivity index (χ0v) is 7.66. The van der Waals surface area contributed by atoms with E-state index >= 15 is 0 Å². The topological polar surface area (TPSA) is 79.0 Å². The molecule has 0 saturated heterocycles. The van der Waals surface area contributed by atoms with Crippen LogP contribution in [0.2, 0.25) is 0 Å². The van der Waals surface area contributed by atoms with Gasteiger partial charge < -0.3 is 10.3 Å². The Morgan fingerprint density at radius 1 is 1.43 bits per heavy atom. The Balaban J connectivity index is 2.65. The van der Waals surface area contributed by atoms with Gasteiger partial charge in [0.2, 0.25) is 11.5 Å². The first-order chi connectivity index (χ1) is 6.58. The van der Waals surface area contributed by atoms with Crippen LogP contribution < -0.4 is 10.9 Å². The molecule has 1 heterocycles.